The first-order valence-electron chi connectivity index (χ1n) is 7.93. The summed E-state index contributed by atoms with van der Waals surface area (Å²) in [6.45, 7) is 7.09. The third kappa shape index (κ3) is 2.98. The number of piperazine rings is 1. The van der Waals surface area contributed by atoms with Crippen LogP contribution in [-0.2, 0) is 0 Å². The molecule has 0 bridgehead atoms. The number of nitriles is 1. The number of nitrogens with two attached hydrogens (primary N) is 1. The first-order chi connectivity index (χ1) is 11.5. The van der Waals surface area contributed by atoms with E-state index in [4.69, 9.17) is 17.3 Å². The molecule has 1 aliphatic rings. The van der Waals surface area contributed by atoms with Crippen molar-refractivity contribution in [3.63, 3.8) is 0 Å². The zero-order chi connectivity index (χ0) is 17.3. The topological polar surface area (TPSA) is 69.2 Å². The Hall–Kier alpha value is -2.45. The normalized spacial score (nSPS) is 14.6. The predicted octanol–water partition coefficient (Wildman–Crippen LogP) is 3.13. The number of halogens is 1. The molecule has 1 aromatic heterocycles. The maximum Gasteiger partial charge on any atom is 0.147 e. The number of anilines is 3. The summed E-state index contributed by atoms with van der Waals surface area (Å²) in [6.07, 6.45) is 0. The van der Waals surface area contributed by atoms with Crippen molar-refractivity contribution in [2.24, 2.45) is 0 Å². The van der Waals surface area contributed by atoms with Crippen molar-refractivity contribution in [1.82, 2.24) is 4.98 Å². The number of benzene rings is 1. The van der Waals surface area contributed by atoms with Gasteiger partial charge in [0.1, 0.15) is 11.9 Å². The third-order valence-corrected chi connectivity index (χ3v) is 4.77. The fourth-order valence-corrected chi connectivity index (χ4v) is 3.25. The van der Waals surface area contributed by atoms with E-state index in [-0.39, 0.29) is 0 Å². The van der Waals surface area contributed by atoms with Crippen LogP contribution in [0.3, 0.4) is 0 Å². The van der Waals surface area contributed by atoms with E-state index in [0.29, 0.717) is 11.3 Å². The highest BCUT2D eigenvalue weighted by molar-refractivity contribution is 6.30. The first-order valence-corrected chi connectivity index (χ1v) is 8.31. The van der Waals surface area contributed by atoms with Gasteiger partial charge in [-0.1, -0.05) is 17.7 Å². The van der Waals surface area contributed by atoms with Crippen LogP contribution >= 0.6 is 11.6 Å². The van der Waals surface area contributed by atoms with Gasteiger partial charge in [-0.25, -0.2) is 4.98 Å². The molecule has 124 valence electrons. The number of nitrogen functional groups attached to an aromatic ring is 1. The largest absolute Gasteiger partial charge is 0.397 e. The van der Waals surface area contributed by atoms with Gasteiger partial charge in [0.2, 0.25) is 0 Å². The number of nitrogens with zero attached hydrogens (tertiary/aromatic N) is 4. The van der Waals surface area contributed by atoms with Crippen molar-refractivity contribution in [1.29, 1.82) is 5.26 Å². The first kappa shape index (κ1) is 16.4. The molecule has 0 atom stereocenters. The Balaban J connectivity index is 1.82. The van der Waals surface area contributed by atoms with Crippen molar-refractivity contribution in [2.45, 2.75) is 13.8 Å². The smallest absolute Gasteiger partial charge is 0.147 e. The van der Waals surface area contributed by atoms with Gasteiger partial charge in [-0.15, -0.1) is 0 Å². The van der Waals surface area contributed by atoms with Gasteiger partial charge in [-0.3, -0.25) is 0 Å². The van der Waals surface area contributed by atoms with Crippen LogP contribution in [0.2, 0.25) is 5.02 Å². The second-order valence-corrected chi connectivity index (χ2v) is 6.44. The van der Waals surface area contributed by atoms with Crippen molar-refractivity contribution < 1.29 is 0 Å². The molecule has 2 N–H and O–H groups in total. The second kappa shape index (κ2) is 6.58. The van der Waals surface area contributed by atoms with Crippen molar-refractivity contribution in [2.75, 3.05) is 41.7 Å². The molecule has 0 radical (unpaired) electrons. The number of aromatic nitrogens is 1. The summed E-state index contributed by atoms with van der Waals surface area (Å²) < 4.78 is 0. The van der Waals surface area contributed by atoms with Gasteiger partial charge in [0.05, 0.1) is 16.9 Å². The second-order valence-electron chi connectivity index (χ2n) is 6.00. The standard InChI is InChI=1S/C18H20ClN5/c1-12-16(11-20)18(22-13(2)17(12)21)24-8-6-23(7-9-24)15-5-3-4-14(19)10-15/h3-5,10H,6-9,21H2,1-2H3. The quantitative estimate of drug-likeness (QED) is 0.908. The summed E-state index contributed by atoms with van der Waals surface area (Å²) in [5.74, 6) is 0.743. The van der Waals surface area contributed by atoms with Crippen LogP contribution in [0.1, 0.15) is 16.8 Å². The molecular weight excluding hydrogens is 322 g/mol. The minimum atomic E-state index is 0.578. The van der Waals surface area contributed by atoms with E-state index >= 15 is 0 Å². The van der Waals surface area contributed by atoms with Crippen molar-refractivity contribution in [3.8, 4) is 6.07 Å². The molecule has 1 fully saturated rings. The number of pyridine rings is 1. The summed E-state index contributed by atoms with van der Waals surface area (Å²) in [6, 6.07) is 10.2. The van der Waals surface area contributed by atoms with Crippen LogP contribution in [0.25, 0.3) is 0 Å². The molecule has 1 aromatic carbocycles. The Bertz CT molecular complexity index is 804. The van der Waals surface area contributed by atoms with Gasteiger partial charge < -0.3 is 15.5 Å². The zero-order valence-electron chi connectivity index (χ0n) is 13.9. The molecule has 6 heteroatoms. The van der Waals surface area contributed by atoms with Crippen LogP contribution in [0, 0.1) is 25.2 Å². The van der Waals surface area contributed by atoms with Crippen LogP contribution in [0.5, 0.6) is 0 Å². The van der Waals surface area contributed by atoms with Gasteiger partial charge >= 0.3 is 0 Å². The van der Waals surface area contributed by atoms with Crippen LogP contribution < -0.4 is 15.5 Å². The minimum absolute atomic E-state index is 0.578. The zero-order valence-corrected chi connectivity index (χ0v) is 14.6. The molecule has 24 heavy (non-hydrogen) atoms. The monoisotopic (exact) mass is 341 g/mol. The number of rotatable bonds is 2. The highest BCUT2D eigenvalue weighted by Crippen LogP contribution is 2.29. The van der Waals surface area contributed by atoms with E-state index in [2.05, 4.69) is 26.9 Å². The lowest BCUT2D eigenvalue weighted by atomic mass is 10.1. The number of hydrogen-bond acceptors (Lipinski definition) is 5. The van der Waals surface area contributed by atoms with Crippen molar-refractivity contribution >= 4 is 28.8 Å². The van der Waals surface area contributed by atoms with E-state index < -0.39 is 0 Å². The Kier molecular flexibility index (Phi) is 4.50. The van der Waals surface area contributed by atoms with Gasteiger partial charge in [0.15, 0.2) is 0 Å². The van der Waals surface area contributed by atoms with E-state index in [9.17, 15) is 5.26 Å². The Morgan fingerprint density at radius 3 is 2.46 bits per heavy atom. The Morgan fingerprint density at radius 1 is 1.17 bits per heavy atom. The van der Waals surface area contributed by atoms with E-state index in [1.54, 1.807) is 0 Å². The molecule has 0 amide bonds. The predicted molar refractivity (Wildman–Crippen MR) is 98.7 cm³/mol. The fourth-order valence-electron chi connectivity index (χ4n) is 3.06. The highest BCUT2D eigenvalue weighted by atomic mass is 35.5. The van der Waals surface area contributed by atoms with Gasteiger partial charge in [0, 0.05) is 36.9 Å². The lowest BCUT2D eigenvalue weighted by Gasteiger charge is -2.37. The lowest BCUT2D eigenvalue weighted by Crippen LogP contribution is -2.47. The highest BCUT2D eigenvalue weighted by Gasteiger charge is 2.23. The third-order valence-electron chi connectivity index (χ3n) is 4.53. The summed E-state index contributed by atoms with van der Waals surface area (Å²) in [5, 5.41) is 10.3. The Labute approximate surface area is 147 Å². The summed E-state index contributed by atoms with van der Waals surface area (Å²) >= 11 is 6.08. The van der Waals surface area contributed by atoms with Gasteiger partial charge in [-0.2, -0.15) is 5.26 Å². The Morgan fingerprint density at radius 2 is 1.83 bits per heavy atom. The summed E-state index contributed by atoms with van der Waals surface area (Å²) in [5.41, 5.74) is 9.92. The number of aryl methyl sites for hydroxylation is 1. The lowest BCUT2D eigenvalue weighted by molar-refractivity contribution is 0.646. The molecule has 0 saturated carbocycles. The average Bonchev–Trinajstić information content (AvgIpc) is 2.59. The van der Waals surface area contributed by atoms with Gasteiger partial charge in [0.25, 0.3) is 0 Å². The number of hydrogen-bond donors (Lipinski definition) is 1. The molecule has 5 nitrogen and oxygen atoms in total. The minimum Gasteiger partial charge on any atom is -0.397 e. The summed E-state index contributed by atoms with van der Waals surface area (Å²) in [7, 11) is 0. The van der Waals surface area contributed by atoms with Crippen LogP contribution in [0.4, 0.5) is 17.2 Å². The SMILES string of the molecule is Cc1nc(N2CCN(c3cccc(Cl)c3)CC2)c(C#N)c(C)c1N. The molecule has 0 unspecified atom stereocenters. The fraction of sp³-hybridized carbons (Fsp3) is 0.333. The van der Waals surface area contributed by atoms with Crippen molar-refractivity contribution in [3.05, 3.63) is 46.1 Å². The average molecular weight is 342 g/mol. The van der Waals surface area contributed by atoms with E-state index in [1.165, 1.54) is 0 Å². The molecule has 1 saturated heterocycles. The molecule has 2 aromatic rings. The molecule has 3 rings (SSSR count). The molecule has 2 heterocycles. The van der Waals surface area contributed by atoms with Gasteiger partial charge in [-0.05, 0) is 37.6 Å². The van der Waals surface area contributed by atoms with Crippen LogP contribution in [-0.4, -0.2) is 31.2 Å². The van der Waals surface area contributed by atoms with E-state index in [0.717, 1.165) is 54.0 Å². The molecule has 1 aliphatic heterocycles. The van der Waals surface area contributed by atoms with E-state index in [1.807, 2.05) is 32.0 Å². The molecule has 0 spiro atoms. The van der Waals surface area contributed by atoms with Crippen LogP contribution in [0.15, 0.2) is 24.3 Å². The molecular formula is C18H20ClN5. The summed E-state index contributed by atoms with van der Waals surface area (Å²) in [4.78, 5) is 9.04. The molecule has 0 aliphatic carbocycles. The maximum absolute atomic E-state index is 9.51. The maximum atomic E-state index is 9.51.